The van der Waals surface area contributed by atoms with Gasteiger partial charge in [-0.2, -0.15) is 0 Å². The maximum atomic E-state index is 4.29. The van der Waals surface area contributed by atoms with Crippen LogP contribution in [-0.2, 0) is 6.54 Å². The van der Waals surface area contributed by atoms with Gasteiger partial charge in [0.1, 0.15) is 0 Å². The van der Waals surface area contributed by atoms with Crippen LogP contribution in [0.4, 0.5) is 5.69 Å². The highest BCUT2D eigenvalue weighted by molar-refractivity contribution is 5.53. The van der Waals surface area contributed by atoms with Crippen LogP contribution in [0.1, 0.15) is 33.3 Å². The first-order chi connectivity index (χ1) is 9.08. The number of nitrogens with one attached hydrogen (secondary N) is 1. The topological polar surface area (TPSA) is 28.2 Å². The second-order valence-corrected chi connectivity index (χ2v) is 6.39. The summed E-state index contributed by atoms with van der Waals surface area (Å²) in [5.74, 6) is 2.25. The molecule has 1 aromatic rings. The first-order valence-corrected chi connectivity index (χ1v) is 7.46. The van der Waals surface area contributed by atoms with Crippen LogP contribution in [0.3, 0.4) is 0 Å². The van der Waals surface area contributed by atoms with Crippen molar-refractivity contribution in [2.45, 2.75) is 34.2 Å². The van der Waals surface area contributed by atoms with Gasteiger partial charge in [-0.05, 0) is 30.4 Å². The molecule has 3 nitrogen and oxygen atoms in total. The molecular formula is C16H27N3. The van der Waals surface area contributed by atoms with Crippen LogP contribution < -0.4 is 10.2 Å². The summed E-state index contributed by atoms with van der Waals surface area (Å²) in [6.07, 6.45) is 3.92. The fourth-order valence-electron chi connectivity index (χ4n) is 2.69. The second kappa shape index (κ2) is 6.38. The van der Waals surface area contributed by atoms with E-state index in [4.69, 9.17) is 0 Å². The predicted molar refractivity (Wildman–Crippen MR) is 81.3 cm³/mol. The summed E-state index contributed by atoms with van der Waals surface area (Å²) >= 11 is 0. The van der Waals surface area contributed by atoms with Crippen molar-refractivity contribution < 1.29 is 0 Å². The lowest BCUT2D eigenvalue weighted by Crippen LogP contribution is -2.24. The highest BCUT2D eigenvalue weighted by Gasteiger charge is 2.27. The van der Waals surface area contributed by atoms with Crippen molar-refractivity contribution in [3.63, 3.8) is 0 Å². The molecule has 106 valence electrons. The van der Waals surface area contributed by atoms with E-state index >= 15 is 0 Å². The van der Waals surface area contributed by atoms with Gasteiger partial charge in [0.25, 0.3) is 0 Å². The maximum Gasteiger partial charge on any atom is 0.0443 e. The standard InChI is InChI=1S/C16H27N3/c1-12(2)7-18-9-15-8-17-6-5-16(15)19-10-13(3)14(4)11-19/h5-6,8,12-14,18H,7,9-11H2,1-4H3. The fraction of sp³-hybridized carbons (Fsp3) is 0.688. The van der Waals surface area contributed by atoms with Gasteiger partial charge in [0.05, 0.1) is 0 Å². The van der Waals surface area contributed by atoms with Crippen molar-refractivity contribution in [2.24, 2.45) is 17.8 Å². The van der Waals surface area contributed by atoms with Crippen molar-refractivity contribution in [2.75, 3.05) is 24.5 Å². The Kier molecular flexibility index (Phi) is 4.81. The molecule has 1 fully saturated rings. The van der Waals surface area contributed by atoms with Gasteiger partial charge < -0.3 is 10.2 Å². The van der Waals surface area contributed by atoms with E-state index in [2.05, 4.69) is 49.0 Å². The number of hydrogen-bond donors (Lipinski definition) is 1. The van der Waals surface area contributed by atoms with Crippen LogP contribution in [0.5, 0.6) is 0 Å². The first kappa shape index (κ1) is 14.3. The lowest BCUT2D eigenvalue weighted by atomic mass is 10.0. The highest BCUT2D eigenvalue weighted by Crippen LogP contribution is 2.29. The molecule has 2 rings (SSSR count). The van der Waals surface area contributed by atoms with Crippen molar-refractivity contribution >= 4 is 5.69 Å². The third-order valence-corrected chi connectivity index (χ3v) is 4.07. The van der Waals surface area contributed by atoms with Gasteiger partial charge in [-0.15, -0.1) is 0 Å². The average molecular weight is 261 g/mol. The molecule has 0 aliphatic carbocycles. The van der Waals surface area contributed by atoms with E-state index in [1.54, 1.807) is 0 Å². The fourth-order valence-corrected chi connectivity index (χ4v) is 2.69. The van der Waals surface area contributed by atoms with E-state index in [9.17, 15) is 0 Å². The van der Waals surface area contributed by atoms with Gasteiger partial charge in [0, 0.05) is 43.3 Å². The van der Waals surface area contributed by atoms with E-state index in [1.807, 2.05) is 12.4 Å². The Labute approximate surface area is 117 Å². The predicted octanol–water partition coefficient (Wildman–Crippen LogP) is 2.92. The van der Waals surface area contributed by atoms with Crippen molar-refractivity contribution in [3.05, 3.63) is 24.0 Å². The molecule has 19 heavy (non-hydrogen) atoms. The zero-order chi connectivity index (χ0) is 13.8. The Morgan fingerprint density at radius 3 is 2.63 bits per heavy atom. The monoisotopic (exact) mass is 261 g/mol. The molecule has 2 heterocycles. The lowest BCUT2D eigenvalue weighted by Gasteiger charge is -2.22. The molecule has 0 saturated carbocycles. The molecule has 0 aromatic carbocycles. The zero-order valence-electron chi connectivity index (χ0n) is 12.7. The third kappa shape index (κ3) is 3.69. The van der Waals surface area contributed by atoms with E-state index in [0.717, 1.165) is 24.9 Å². The largest absolute Gasteiger partial charge is 0.371 e. The summed E-state index contributed by atoms with van der Waals surface area (Å²) in [5.41, 5.74) is 2.69. The highest BCUT2D eigenvalue weighted by atomic mass is 15.2. The summed E-state index contributed by atoms with van der Waals surface area (Å²) in [6.45, 7) is 13.5. The molecular weight excluding hydrogens is 234 g/mol. The summed E-state index contributed by atoms with van der Waals surface area (Å²) in [4.78, 5) is 6.80. The van der Waals surface area contributed by atoms with Crippen molar-refractivity contribution in [1.82, 2.24) is 10.3 Å². The molecule has 1 aliphatic rings. The summed E-state index contributed by atoms with van der Waals surface area (Å²) in [6, 6.07) is 2.16. The Bertz CT molecular complexity index is 393. The number of hydrogen-bond acceptors (Lipinski definition) is 3. The molecule has 1 saturated heterocycles. The van der Waals surface area contributed by atoms with Crippen LogP contribution in [0.2, 0.25) is 0 Å². The molecule has 1 N–H and O–H groups in total. The minimum Gasteiger partial charge on any atom is -0.371 e. The van der Waals surface area contributed by atoms with Crippen molar-refractivity contribution in [3.8, 4) is 0 Å². The van der Waals surface area contributed by atoms with Crippen LogP contribution in [-0.4, -0.2) is 24.6 Å². The average Bonchev–Trinajstić information content (AvgIpc) is 2.70. The van der Waals surface area contributed by atoms with Gasteiger partial charge in [0.2, 0.25) is 0 Å². The number of anilines is 1. The lowest BCUT2D eigenvalue weighted by molar-refractivity contribution is 0.494. The smallest absolute Gasteiger partial charge is 0.0443 e. The van der Waals surface area contributed by atoms with E-state index in [1.165, 1.54) is 24.3 Å². The SMILES string of the molecule is CC(C)CNCc1cnccc1N1CC(C)C(C)C1. The van der Waals surface area contributed by atoms with E-state index < -0.39 is 0 Å². The number of pyridine rings is 1. The maximum absolute atomic E-state index is 4.29. The Morgan fingerprint density at radius 2 is 2.00 bits per heavy atom. The molecule has 3 heteroatoms. The van der Waals surface area contributed by atoms with E-state index in [-0.39, 0.29) is 0 Å². The number of aromatic nitrogens is 1. The molecule has 0 bridgehead atoms. The van der Waals surface area contributed by atoms with Crippen LogP contribution in [0.25, 0.3) is 0 Å². The van der Waals surface area contributed by atoms with Gasteiger partial charge in [-0.3, -0.25) is 4.98 Å². The quantitative estimate of drug-likeness (QED) is 0.883. The van der Waals surface area contributed by atoms with Crippen LogP contribution in [0.15, 0.2) is 18.5 Å². The van der Waals surface area contributed by atoms with Gasteiger partial charge >= 0.3 is 0 Å². The third-order valence-electron chi connectivity index (χ3n) is 4.07. The van der Waals surface area contributed by atoms with Gasteiger partial charge in [-0.25, -0.2) is 0 Å². The van der Waals surface area contributed by atoms with Crippen LogP contribution in [0, 0.1) is 17.8 Å². The second-order valence-electron chi connectivity index (χ2n) is 6.39. The molecule has 1 aliphatic heterocycles. The molecule has 2 atom stereocenters. The summed E-state index contributed by atoms with van der Waals surface area (Å²) < 4.78 is 0. The summed E-state index contributed by atoms with van der Waals surface area (Å²) in [5, 5.41) is 3.52. The van der Waals surface area contributed by atoms with Crippen LogP contribution >= 0.6 is 0 Å². The molecule has 0 amide bonds. The molecule has 1 aromatic heterocycles. The van der Waals surface area contributed by atoms with Gasteiger partial charge in [0.15, 0.2) is 0 Å². The van der Waals surface area contributed by atoms with E-state index in [0.29, 0.717) is 5.92 Å². The molecule has 0 radical (unpaired) electrons. The normalized spacial score (nSPS) is 23.3. The zero-order valence-corrected chi connectivity index (χ0v) is 12.7. The Morgan fingerprint density at radius 1 is 1.32 bits per heavy atom. The minimum absolute atomic E-state index is 0.687. The van der Waals surface area contributed by atoms with Crippen molar-refractivity contribution in [1.29, 1.82) is 0 Å². The van der Waals surface area contributed by atoms with Gasteiger partial charge in [-0.1, -0.05) is 27.7 Å². The Balaban J connectivity index is 2.04. The summed E-state index contributed by atoms with van der Waals surface area (Å²) in [7, 11) is 0. The molecule has 2 unspecified atom stereocenters. The molecule has 0 spiro atoms. The Hall–Kier alpha value is -1.09. The first-order valence-electron chi connectivity index (χ1n) is 7.46. The minimum atomic E-state index is 0.687. The number of nitrogens with zero attached hydrogens (tertiary/aromatic N) is 2. The number of rotatable bonds is 5.